The summed E-state index contributed by atoms with van der Waals surface area (Å²) in [5.74, 6) is -0.453. The maximum absolute atomic E-state index is 10.8. The summed E-state index contributed by atoms with van der Waals surface area (Å²) in [4.78, 5) is 10.8. The van der Waals surface area contributed by atoms with E-state index >= 15 is 0 Å². The Kier molecular flexibility index (Phi) is 6.59. The van der Waals surface area contributed by atoms with Gasteiger partial charge in [-0.25, -0.2) is 4.79 Å². The van der Waals surface area contributed by atoms with Gasteiger partial charge >= 0.3 is 5.97 Å². The van der Waals surface area contributed by atoms with Crippen molar-refractivity contribution < 1.29 is 9.90 Å². The van der Waals surface area contributed by atoms with Crippen molar-refractivity contribution in [3.8, 4) is 12.1 Å². The molecule has 6 heteroatoms. The third-order valence-corrected chi connectivity index (χ3v) is 3.56. The first-order chi connectivity index (χ1) is 10.1. The number of hydrogen-bond donors (Lipinski definition) is 2. The monoisotopic (exact) mass is 299 g/mol. The second-order valence-corrected chi connectivity index (χ2v) is 4.87. The molecule has 0 aliphatic carbocycles. The van der Waals surface area contributed by atoms with Crippen molar-refractivity contribution in [3.63, 3.8) is 0 Å². The van der Waals surface area contributed by atoms with Crippen LogP contribution in [0.15, 0.2) is 47.5 Å². The number of carboxylic acid groups (broad SMARTS) is 1. The largest absolute Gasteiger partial charge is 0.478 e. The summed E-state index contributed by atoms with van der Waals surface area (Å²) in [6.45, 7) is 4.02. The van der Waals surface area contributed by atoms with Gasteiger partial charge in [0.25, 0.3) is 0 Å². The molecule has 0 spiro atoms. The second-order valence-electron chi connectivity index (χ2n) is 3.89. The minimum atomic E-state index is -0.973. The number of carbonyl (C=O) groups is 1. The molecule has 106 valence electrons. The summed E-state index contributed by atoms with van der Waals surface area (Å²) in [7, 11) is 0. The first kappa shape index (κ1) is 16.4. The molecule has 0 saturated carbocycles. The number of benzene rings is 1. The van der Waals surface area contributed by atoms with Crippen molar-refractivity contribution in [3.05, 3.63) is 58.6 Å². The van der Waals surface area contributed by atoms with Gasteiger partial charge < -0.3 is 10.4 Å². The molecule has 1 aromatic rings. The number of nitriles is 2. The van der Waals surface area contributed by atoms with E-state index in [0.29, 0.717) is 17.3 Å². The number of aromatic carboxylic acids is 1. The van der Waals surface area contributed by atoms with Crippen LogP contribution in [0.25, 0.3) is 0 Å². The van der Waals surface area contributed by atoms with Gasteiger partial charge in [-0.1, -0.05) is 18.2 Å². The van der Waals surface area contributed by atoms with Crippen molar-refractivity contribution in [2.75, 3.05) is 6.54 Å². The number of hydrogen-bond acceptors (Lipinski definition) is 5. The topological polar surface area (TPSA) is 96.9 Å². The highest BCUT2D eigenvalue weighted by atomic mass is 32.2. The Labute approximate surface area is 127 Å². The summed E-state index contributed by atoms with van der Waals surface area (Å²) >= 11 is 1.31. The maximum atomic E-state index is 10.8. The molecule has 21 heavy (non-hydrogen) atoms. The van der Waals surface area contributed by atoms with Crippen LogP contribution in [0.4, 0.5) is 0 Å². The smallest absolute Gasteiger partial charge is 0.335 e. The molecule has 0 saturated heterocycles. The lowest BCUT2D eigenvalue weighted by atomic mass is 10.1. The number of carboxylic acids is 1. The Balaban J connectivity index is 2.80. The Morgan fingerprint density at radius 2 is 1.95 bits per heavy atom. The van der Waals surface area contributed by atoms with Crippen LogP contribution in [0.1, 0.15) is 15.9 Å². The van der Waals surface area contributed by atoms with Gasteiger partial charge in [0.2, 0.25) is 0 Å². The predicted molar refractivity (Wildman–Crippen MR) is 81.1 cm³/mol. The number of nitrogens with zero attached hydrogens (tertiary/aromatic N) is 2. The van der Waals surface area contributed by atoms with E-state index in [4.69, 9.17) is 15.6 Å². The average molecular weight is 299 g/mol. The van der Waals surface area contributed by atoms with E-state index in [1.54, 1.807) is 18.2 Å². The molecule has 0 amide bonds. The van der Waals surface area contributed by atoms with Gasteiger partial charge in [-0.3, -0.25) is 0 Å². The summed E-state index contributed by atoms with van der Waals surface area (Å²) in [6.07, 6.45) is 1.63. The molecule has 0 atom stereocenters. The first-order valence-corrected chi connectivity index (χ1v) is 6.95. The lowest BCUT2D eigenvalue weighted by Crippen LogP contribution is -2.12. The van der Waals surface area contributed by atoms with Crippen molar-refractivity contribution in [2.24, 2.45) is 0 Å². The van der Waals surface area contributed by atoms with Crippen molar-refractivity contribution in [2.45, 2.75) is 5.75 Å². The summed E-state index contributed by atoms with van der Waals surface area (Å²) in [5, 5.41) is 30.1. The number of allylic oxidation sites excluding steroid dienone is 1. The molecule has 1 rings (SSSR count). The average Bonchev–Trinajstić information content (AvgIpc) is 2.50. The molecular weight excluding hydrogens is 286 g/mol. The van der Waals surface area contributed by atoms with Gasteiger partial charge in [0.15, 0.2) is 5.57 Å². The fourth-order valence-corrected chi connectivity index (χ4v) is 2.33. The number of rotatable bonds is 7. The van der Waals surface area contributed by atoms with Crippen LogP contribution in [-0.4, -0.2) is 17.6 Å². The van der Waals surface area contributed by atoms with Gasteiger partial charge in [0.1, 0.15) is 12.1 Å². The number of thioether (sulfide) groups is 1. The van der Waals surface area contributed by atoms with Crippen LogP contribution in [0, 0.1) is 22.7 Å². The highest BCUT2D eigenvalue weighted by Crippen LogP contribution is 2.22. The lowest BCUT2D eigenvalue weighted by Gasteiger charge is -2.09. The molecule has 2 N–H and O–H groups in total. The highest BCUT2D eigenvalue weighted by Gasteiger charge is 2.07. The molecule has 0 bridgehead atoms. The van der Waals surface area contributed by atoms with E-state index in [1.165, 1.54) is 23.9 Å². The minimum Gasteiger partial charge on any atom is -0.478 e. The minimum absolute atomic E-state index is 0.0176. The molecule has 0 heterocycles. The highest BCUT2D eigenvalue weighted by molar-refractivity contribution is 8.02. The molecule has 0 aliphatic heterocycles. The third kappa shape index (κ3) is 5.06. The number of nitrogens with one attached hydrogen (secondary N) is 1. The van der Waals surface area contributed by atoms with Crippen LogP contribution in [-0.2, 0) is 5.75 Å². The van der Waals surface area contributed by atoms with E-state index < -0.39 is 5.97 Å². The zero-order valence-corrected chi connectivity index (χ0v) is 12.0. The van der Waals surface area contributed by atoms with Gasteiger partial charge in [0.05, 0.1) is 10.6 Å². The molecule has 0 radical (unpaired) electrons. The summed E-state index contributed by atoms with van der Waals surface area (Å²) < 4.78 is 0. The van der Waals surface area contributed by atoms with Gasteiger partial charge in [0, 0.05) is 12.3 Å². The van der Waals surface area contributed by atoms with Crippen molar-refractivity contribution >= 4 is 17.7 Å². The maximum Gasteiger partial charge on any atom is 0.335 e. The SMILES string of the molecule is C=CCNC(SCc1ccc(C(=O)O)cc1)=C(C#N)C#N. The Morgan fingerprint density at radius 3 is 2.43 bits per heavy atom. The molecule has 0 fully saturated rings. The zero-order valence-electron chi connectivity index (χ0n) is 11.2. The van der Waals surface area contributed by atoms with E-state index in [-0.39, 0.29) is 11.1 Å². The summed E-state index contributed by atoms with van der Waals surface area (Å²) in [5.41, 5.74) is 1.14. The zero-order chi connectivity index (χ0) is 15.7. The van der Waals surface area contributed by atoms with Crippen molar-refractivity contribution in [1.29, 1.82) is 10.5 Å². The van der Waals surface area contributed by atoms with Gasteiger partial charge in [-0.05, 0) is 17.7 Å². The van der Waals surface area contributed by atoms with Crippen LogP contribution < -0.4 is 5.32 Å². The van der Waals surface area contributed by atoms with E-state index in [1.807, 2.05) is 12.1 Å². The Morgan fingerprint density at radius 1 is 1.33 bits per heavy atom. The second kappa shape index (κ2) is 8.47. The van der Waals surface area contributed by atoms with Crippen LogP contribution in [0.5, 0.6) is 0 Å². The Bertz CT molecular complexity index is 620. The molecule has 1 aromatic carbocycles. The van der Waals surface area contributed by atoms with Crippen molar-refractivity contribution in [1.82, 2.24) is 5.32 Å². The molecule has 0 aliphatic rings. The quantitative estimate of drug-likeness (QED) is 0.593. The van der Waals surface area contributed by atoms with Crippen LogP contribution in [0.2, 0.25) is 0 Å². The first-order valence-electron chi connectivity index (χ1n) is 5.96. The van der Waals surface area contributed by atoms with E-state index in [2.05, 4.69) is 11.9 Å². The van der Waals surface area contributed by atoms with E-state index in [0.717, 1.165) is 5.56 Å². The predicted octanol–water partition coefficient (Wildman–Crippen LogP) is 2.65. The third-order valence-electron chi connectivity index (χ3n) is 2.44. The normalized spacial score (nSPS) is 9.05. The fraction of sp³-hybridized carbons (Fsp3) is 0.133. The molecule has 5 nitrogen and oxygen atoms in total. The van der Waals surface area contributed by atoms with Gasteiger partial charge in [-0.2, -0.15) is 10.5 Å². The lowest BCUT2D eigenvalue weighted by molar-refractivity contribution is 0.0697. The summed E-state index contributed by atoms with van der Waals surface area (Å²) in [6, 6.07) is 10.1. The fourth-order valence-electron chi connectivity index (χ4n) is 1.40. The van der Waals surface area contributed by atoms with E-state index in [9.17, 15) is 4.79 Å². The molecular formula is C15H13N3O2S. The molecule has 0 unspecified atom stereocenters. The van der Waals surface area contributed by atoms with Crippen LogP contribution in [0.3, 0.4) is 0 Å². The Hall–Kier alpha value is -2.70. The molecule has 0 aromatic heterocycles. The standard InChI is InChI=1S/C15H13N3O2S/c1-2-7-18-14(13(8-16)9-17)21-10-11-3-5-12(6-4-11)15(19)20/h2-6,18H,1,7,10H2,(H,19,20). The van der Waals surface area contributed by atoms with Gasteiger partial charge in [-0.15, -0.1) is 18.3 Å². The van der Waals surface area contributed by atoms with Crippen LogP contribution >= 0.6 is 11.8 Å².